The maximum Gasteiger partial charge on any atom is 0.203 e. The Hall–Kier alpha value is -3.14. The van der Waals surface area contributed by atoms with Crippen LogP contribution in [0, 0.1) is 6.92 Å². The molecule has 4 heteroatoms. The Balaban J connectivity index is 1.73. The van der Waals surface area contributed by atoms with Crippen LogP contribution < -0.4 is 4.74 Å². The molecule has 5 rings (SSSR count). The van der Waals surface area contributed by atoms with Crippen LogP contribution in [0.3, 0.4) is 0 Å². The van der Waals surface area contributed by atoms with E-state index in [1.807, 2.05) is 61.5 Å². The molecule has 25 heavy (non-hydrogen) atoms. The maximum atomic E-state index is 11.0. The van der Waals surface area contributed by atoms with Gasteiger partial charge in [-0.2, -0.15) is 0 Å². The van der Waals surface area contributed by atoms with Gasteiger partial charge in [-0.05, 0) is 37.6 Å². The molecule has 3 aromatic rings. The topological polar surface area (TPSA) is 54.6 Å². The average Bonchev–Trinajstić information content (AvgIpc) is 3.12. The summed E-state index contributed by atoms with van der Waals surface area (Å²) in [5, 5.41) is 21.8. The van der Waals surface area contributed by atoms with Gasteiger partial charge in [-0.25, -0.2) is 0 Å². The van der Waals surface area contributed by atoms with Crippen LogP contribution in [0.25, 0.3) is 5.69 Å². The van der Waals surface area contributed by atoms with Crippen molar-refractivity contribution >= 4 is 0 Å². The molecule has 2 aromatic carbocycles. The molecule has 124 valence electrons. The first-order valence-corrected chi connectivity index (χ1v) is 8.34. The van der Waals surface area contributed by atoms with E-state index in [9.17, 15) is 10.2 Å². The minimum atomic E-state index is -0.169. The highest BCUT2D eigenvalue weighted by Crippen LogP contribution is 2.53. The van der Waals surface area contributed by atoms with Crippen molar-refractivity contribution in [3.05, 3.63) is 82.6 Å². The van der Waals surface area contributed by atoms with Crippen molar-refractivity contribution in [2.24, 2.45) is 0 Å². The molecular formula is C21H17NO3. The molecule has 0 amide bonds. The SMILES string of the molecule is Cc1ccc(-n2c(O)c3c(c2O)C2C(=CC3)Oc3ccccc32)cc1. The number of benzene rings is 2. The molecule has 0 bridgehead atoms. The summed E-state index contributed by atoms with van der Waals surface area (Å²) in [7, 11) is 0. The molecule has 1 aliphatic heterocycles. The summed E-state index contributed by atoms with van der Waals surface area (Å²) in [5.74, 6) is 1.64. The van der Waals surface area contributed by atoms with Crippen LogP contribution in [-0.2, 0) is 6.42 Å². The first kappa shape index (κ1) is 14.2. The average molecular weight is 331 g/mol. The number of hydrogen-bond donors (Lipinski definition) is 2. The minimum absolute atomic E-state index is 0.0762. The smallest absolute Gasteiger partial charge is 0.203 e. The fourth-order valence-corrected chi connectivity index (χ4v) is 3.87. The summed E-state index contributed by atoms with van der Waals surface area (Å²) < 4.78 is 7.47. The molecule has 1 unspecified atom stereocenters. The standard InChI is InChI=1S/C21H17NO3/c1-12-6-8-13(9-7-12)22-20(23)15-10-11-17-18(19(15)21(22)24)14-4-2-3-5-16(14)25-17/h2-9,11,18,23-24H,10H2,1H3. The number of allylic oxidation sites excluding steroid dienone is 2. The Morgan fingerprint density at radius 3 is 2.56 bits per heavy atom. The predicted molar refractivity (Wildman–Crippen MR) is 94.5 cm³/mol. The minimum Gasteiger partial charge on any atom is -0.494 e. The summed E-state index contributed by atoms with van der Waals surface area (Å²) >= 11 is 0. The summed E-state index contributed by atoms with van der Waals surface area (Å²) in [5.41, 5.74) is 4.38. The number of aromatic nitrogens is 1. The number of hydrogen-bond acceptors (Lipinski definition) is 3. The first-order chi connectivity index (χ1) is 12.1. The van der Waals surface area contributed by atoms with Crippen LogP contribution in [0.2, 0.25) is 0 Å². The summed E-state index contributed by atoms with van der Waals surface area (Å²) in [6, 6.07) is 15.6. The van der Waals surface area contributed by atoms with Gasteiger partial charge in [0.2, 0.25) is 11.8 Å². The highest BCUT2D eigenvalue weighted by molar-refractivity contribution is 5.64. The normalized spacial score (nSPS) is 17.3. The lowest BCUT2D eigenvalue weighted by Crippen LogP contribution is -2.08. The third kappa shape index (κ3) is 1.88. The van der Waals surface area contributed by atoms with Crippen LogP contribution in [0.1, 0.15) is 28.2 Å². The van der Waals surface area contributed by atoms with Crippen molar-refractivity contribution in [3.8, 4) is 23.2 Å². The Labute approximate surface area is 145 Å². The predicted octanol–water partition coefficient (Wildman–Crippen LogP) is 4.16. The lowest BCUT2D eigenvalue weighted by atomic mass is 9.85. The van der Waals surface area contributed by atoms with E-state index in [0.717, 1.165) is 39.4 Å². The quantitative estimate of drug-likeness (QED) is 0.704. The fourth-order valence-electron chi connectivity index (χ4n) is 3.87. The van der Waals surface area contributed by atoms with E-state index in [1.54, 1.807) is 0 Å². The van der Waals surface area contributed by atoms with Crippen molar-refractivity contribution in [1.82, 2.24) is 4.57 Å². The van der Waals surface area contributed by atoms with Crippen LogP contribution in [0.5, 0.6) is 17.5 Å². The number of fused-ring (bicyclic) bond motifs is 5. The van der Waals surface area contributed by atoms with Crippen molar-refractivity contribution < 1.29 is 14.9 Å². The zero-order chi connectivity index (χ0) is 17.1. The molecule has 1 aromatic heterocycles. The van der Waals surface area contributed by atoms with Gasteiger partial charge in [0.05, 0.1) is 11.6 Å². The van der Waals surface area contributed by atoms with E-state index in [4.69, 9.17) is 4.74 Å². The summed E-state index contributed by atoms with van der Waals surface area (Å²) in [4.78, 5) is 0. The van der Waals surface area contributed by atoms with Gasteiger partial charge in [-0.15, -0.1) is 0 Å². The Morgan fingerprint density at radius 1 is 1.00 bits per heavy atom. The zero-order valence-electron chi connectivity index (χ0n) is 13.7. The second kappa shape index (κ2) is 4.93. The molecule has 4 nitrogen and oxygen atoms in total. The third-order valence-electron chi connectivity index (χ3n) is 5.09. The zero-order valence-corrected chi connectivity index (χ0v) is 13.7. The van der Waals surface area contributed by atoms with E-state index in [1.165, 1.54) is 4.57 Å². The maximum absolute atomic E-state index is 11.0. The van der Waals surface area contributed by atoms with E-state index < -0.39 is 0 Å². The van der Waals surface area contributed by atoms with Crippen molar-refractivity contribution in [1.29, 1.82) is 0 Å². The van der Waals surface area contributed by atoms with Gasteiger partial charge in [-0.3, -0.25) is 4.57 Å². The van der Waals surface area contributed by atoms with Gasteiger partial charge >= 0.3 is 0 Å². The van der Waals surface area contributed by atoms with Gasteiger partial charge in [0.1, 0.15) is 11.5 Å². The van der Waals surface area contributed by atoms with E-state index >= 15 is 0 Å². The summed E-state index contributed by atoms with van der Waals surface area (Å²) in [6.07, 6.45) is 2.53. The Bertz CT molecular complexity index is 1030. The van der Waals surface area contributed by atoms with E-state index in [0.29, 0.717) is 6.42 Å². The van der Waals surface area contributed by atoms with Crippen molar-refractivity contribution in [3.63, 3.8) is 0 Å². The number of rotatable bonds is 1. The number of aromatic hydroxyl groups is 2. The lowest BCUT2D eigenvalue weighted by Gasteiger charge is -2.17. The van der Waals surface area contributed by atoms with Crippen molar-refractivity contribution in [2.45, 2.75) is 19.3 Å². The molecule has 2 N–H and O–H groups in total. The Morgan fingerprint density at radius 2 is 1.76 bits per heavy atom. The summed E-state index contributed by atoms with van der Waals surface area (Å²) in [6.45, 7) is 2.01. The number of aryl methyl sites for hydroxylation is 1. The van der Waals surface area contributed by atoms with Crippen LogP contribution in [0.15, 0.2) is 60.4 Å². The number of nitrogens with zero attached hydrogens (tertiary/aromatic N) is 1. The van der Waals surface area contributed by atoms with E-state index in [2.05, 4.69) is 0 Å². The molecule has 2 heterocycles. The molecule has 1 aliphatic carbocycles. The molecule has 1 atom stereocenters. The van der Waals surface area contributed by atoms with E-state index in [-0.39, 0.29) is 17.7 Å². The van der Waals surface area contributed by atoms with Gasteiger partial charge in [0.15, 0.2) is 0 Å². The lowest BCUT2D eigenvalue weighted by molar-refractivity contribution is 0.397. The second-order valence-corrected chi connectivity index (χ2v) is 6.59. The first-order valence-electron chi connectivity index (χ1n) is 8.34. The monoisotopic (exact) mass is 331 g/mol. The van der Waals surface area contributed by atoms with Gasteiger partial charge in [0.25, 0.3) is 0 Å². The third-order valence-corrected chi connectivity index (χ3v) is 5.09. The molecule has 2 aliphatic rings. The molecular weight excluding hydrogens is 314 g/mol. The van der Waals surface area contributed by atoms with Crippen molar-refractivity contribution in [2.75, 3.05) is 0 Å². The number of ether oxygens (including phenoxy) is 1. The van der Waals surface area contributed by atoms with Gasteiger partial charge in [-0.1, -0.05) is 35.9 Å². The highest BCUT2D eigenvalue weighted by Gasteiger charge is 2.40. The molecule has 0 saturated heterocycles. The van der Waals surface area contributed by atoms with Crippen LogP contribution in [-0.4, -0.2) is 14.8 Å². The van der Waals surface area contributed by atoms with Gasteiger partial charge in [0, 0.05) is 16.7 Å². The van der Waals surface area contributed by atoms with Crippen LogP contribution in [0.4, 0.5) is 0 Å². The molecule has 0 radical (unpaired) electrons. The molecule has 0 fully saturated rings. The highest BCUT2D eigenvalue weighted by atomic mass is 16.5. The molecule has 0 saturated carbocycles. The molecule has 0 spiro atoms. The largest absolute Gasteiger partial charge is 0.494 e. The fraction of sp³-hybridized carbons (Fsp3) is 0.143. The van der Waals surface area contributed by atoms with Gasteiger partial charge < -0.3 is 14.9 Å². The number of para-hydroxylation sites is 1. The Kier molecular flexibility index (Phi) is 2.80. The van der Waals surface area contributed by atoms with Crippen LogP contribution >= 0.6 is 0 Å². The second-order valence-electron chi connectivity index (χ2n) is 6.59.